The van der Waals surface area contributed by atoms with Gasteiger partial charge in [-0.2, -0.15) is 0 Å². The maximum absolute atomic E-state index is 11.7. The third-order valence-corrected chi connectivity index (χ3v) is 3.57. The lowest BCUT2D eigenvalue weighted by atomic mass is 10.2. The number of hydrogen-bond acceptors (Lipinski definition) is 4. The second kappa shape index (κ2) is 4.58. The summed E-state index contributed by atoms with van der Waals surface area (Å²) < 4.78 is 0. The fourth-order valence-electron chi connectivity index (χ4n) is 1.67. The average Bonchev–Trinajstić information content (AvgIpc) is 2.90. The summed E-state index contributed by atoms with van der Waals surface area (Å²) in [4.78, 5) is 0. The van der Waals surface area contributed by atoms with Crippen molar-refractivity contribution in [1.82, 2.24) is 10.2 Å². The molecule has 0 atom stereocenters. The minimum absolute atomic E-state index is 0.0201. The largest absolute Gasteiger partial charge is 0.872 e. The lowest BCUT2D eigenvalue weighted by Crippen LogP contribution is -1.92. The van der Waals surface area contributed by atoms with Gasteiger partial charge in [-0.05, 0) is 0 Å². The van der Waals surface area contributed by atoms with Gasteiger partial charge in [0.25, 0.3) is 0 Å². The van der Waals surface area contributed by atoms with Crippen LogP contribution in [0.3, 0.4) is 0 Å². The number of nitrogens with zero attached hydrogens (tertiary/aromatic N) is 2. The van der Waals surface area contributed by atoms with Gasteiger partial charge in [0.1, 0.15) is 10.0 Å². The third-order valence-electron chi connectivity index (χ3n) is 2.56. The second-order valence-corrected chi connectivity index (χ2v) is 4.75. The molecule has 0 unspecified atom stereocenters. The Bertz CT molecular complexity index is 664. The van der Waals surface area contributed by atoms with Crippen LogP contribution in [0.4, 0.5) is 0 Å². The molecule has 18 heavy (non-hydrogen) atoms. The summed E-state index contributed by atoms with van der Waals surface area (Å²) in [7, 11) is 0. The van der Waals surface area contributed by atoms with E-state index in [1.54, 1.807) is 18.2 Å². The molecule has 0 N–H and O–H groups in total. The van der Waals surface area contributed by atoms with Gasteiger partial charge < -0.3 is 5.11 Å². The molecule has 0 spiro atoms. The lowest BCUT2D eigenvalue weighted by molar-refractivity contribution is -0.267. The molecule has 0 radical (unpaired) electrons. The normalized spacial score (nSPS) is 10.4. The van der Waals surface area contributed by atoms with Crippen LogP contribution < -0.4 is 5.11 Å². The van der Waals surface area contributed by atoms with Crippen molar-refractivity contribution < 1.29 is 5.11 Å². The molecule has 0 aliphatic heterocycles. The molecule has 88 valence electrons. The highest BCUT2D eigenvalue weighted by atomic mass is 32.1. The van der Waals surface area contributed by atoms with E-state index in [0.717, 1.165) is 10.6 Å². The summed E-state index contributed by atoms with van der Waals surface area (Å²) in [5.74, 6) is -0.0201. The Hall–Kier alpha value is -2.20. The van der Waals surface area contributed by atoms with E-state index in [-0.39, 0.29) is 5.75 Å². The van der Waals surface area contributed by atoms with Gasteiger partial charge in [0, 0.05) is 11.1 Å². The molecule has 0 saturated carbocycles. The zero-order valence-corrected chi connectivity index (χ0v) is 10.2. The van der Waals surface area contributed by atoms with Gasteiger partial charge in [0.2, 0.25) is 0 Å². The van der Waals surface area contributed by atoms with Gasteiger partial charge in [-0.15, -0.1) is 10.2 Å². The van der Waals surface area contributed by atoms with E-state index in [1.807, 2.05) is 36.4 Å². The van der Waals surface area contributed by atoms with Gasteiger partial charge >= 0.3 is 0 Å². The maximum Gasteiger partial charge on any atom is 0.148 e. The molecule has 1 aromatic heterocycles. The van der Waals surface area contributed by atoms with Crippen LogP contribution in [0.15, 0.2) is 54.6 Å². The van der Waals surface area contributed by atoms with E-state index in [0.29, 0.717) is 10.6 Å². The van der Waals surface area contributed by atoms with Crippen LogP contribution >= 0.6 is 11.3 Å². The maximum atomic E-state index is 11.7. The van der Waals surface area contributed by atoms with E-state index >= 15 is 0 Å². The molecule has 3 nitrogen and oxygen atoms in total. The number of para-hydroxylation sites is 1. The van der Waals surface area contributed by atoms with Gasteiger partial charge in [-0.1, -0.05) is 71.7 Å². The highest BCUT2D eigenvalue weighted by Crippen LogP contribution is 2.32. The van der Waals surface area contributed by atoms with Gasteiger partial charge in [0.05, 0.1) is 0 Å². The van der Waals surface area contributed by atoms with Crippen molar-refractivity contribution in [2.24, 2.45) is 0 Å². The van der Waals surface area contributed by atoms with Crippen molar-refractivity contribution in [2.75, 3.05) is 0 Å². The number of aromatic nitrogens is 2. The molecule has 0 aliphatic carbocycles. The summed E-state index contributed by atoms with van der Waals surface area (Å²) >= 11 is 1.43. The first-order valence-corrected chi connectivity index (χ1v) is 6.31. The fourth-order valence-corrected chi connectivity index (χ4v) is 2.55. The fraction of sp³-hybridized carbons (Fsp3) is 0. The van der Waals surface area contributed by atoms with Gasteiger partial charge in [-0.3, -0.25) is 0 Å². The van der Waals surface area contributed by atoms with Gasteiger partial charge in [0.15, 0.2) is 0 Å². The Labute approximate surface area is 108 Å². The average molecular weight is 253 g/mol. The van der Waals surface area contributed by atoms with Crippen molar-refractivity contribution in [3.8, 4) is 26.9 Å². The molecule has 4 heteroatoms. The van der Waals surface area contributed by atoms with E-state index in [4.69, 9.17) is 0 Å². The van der Waals surface area contributed by atoms with Crippen LogP contribution in [0.5, 0.6) is 5.75 Å². The molecule has 0 aliphatic rings. The standard InChI is InChI=1S/C14H10N2OS/c17-12-9-5-4-8-11(12)14-16-15-13(18-14)10-6-2-1-3-7-10/h1-9,17H/p-1. The molecule has 3 rings (SSSR count). The number of rotatable bonds is 2. The number of hydrogen-bond donors (Lipinski definition) is 0. The summed E-state index contributed by atoms with van der Waals surface area (Å²) in [6.45, 7) is 0. The van der Waals surface area contributed by atoms with Crippen molar-refractivity contribution in [1.29, 1.82) is 0 Å². The summed E-state index contributed by atoms with van der Waals surface area (Å²) in [5.41, 5.74) is 1.63. The number of benzene rings is 2. The van der Waals surface area contributed by atoms with Crippen molar-refractivity contribution in [3.05, 3.63) is 54.6 Å². The molecule has 0 amide bonds. The summed E-state index contributed by atoms with van der Waals surface area (Å²) in [5, 5.41) is 21.4. The Morgan fingerprint density at radius 1 is 0.778 bits per heavy atom. The Kier molecular flexibility index (Phi) is 2.78. The topological polar surface area (TPSA) is 48.8 Å². The quantitative estimate of drug-likeness (QED) is 0.705. The second-order valence-electron chi connectivity index (χ2n) is 3.77. The molecule has 0 bridgehead atoms. The van der Waals surface area contributed by atoms with E-state index in [9.17, 15) is 5.11 Å². The van der Waals surface area contributed by atoms with Crippen molar-refractivity contribution in [2.45, 2.75) is 0 Å². The Morgan fingerprint density at radius 3 is 2.22 bits per heavy atom. The van der Waals surface area contributed by atoms with Crippen LogP contribution in [0.1, 0.15) is 0 Å². The third kappa shape index (κ3) is 1.98. The van der Waals surface area contributed by atoms with E-state index in [1.165, 1.54) is 11.3 Å². The molecular weight excluding hydrogens is 244 g/mol. The predicted molar refractivity (Wildman–Crippen MR) is 70.2 cm³/mol. The summed E-state index contributed by atoms with van der Waals surface area (Å²) in [6.07, 6.45) is 0. The molecule has 0 fully saturated rings. The van der Waals surface area contributed by atoms with Crippen LogP contribution in [-0.2, 0) is 0 Å². The first-order valence-electron chi connectivity index (χ1n) is 5.50. The van der Waals surface area contributed by atoms with Gasteiger partial charge in [-0.25, -0.2) is 0 Å². The zero-order valence-electron chi connectivity index (χ0n) is 9.41. The summed E-state index contributed by atoms with van der Waals surface area (Å²) in [6, 6.07) is 16.7. The smallest absolute Gasteiger partial charge is 0.148 e. The highest BCUT2D eigenvalue weighted by Gasteiger charge is 2.08. The van der Waals surface area contributed by atoms with Crippen LogP contribution in [0, 0.1) is 0 Å². The van der Waals surface area contributed by atoms with Crippen molar-refractivity contribution in [3.63, 3.8) is 0 Å². The Balaban J connectivity index is 2.03. The first kappa shape index (κ1) is 10.9. The van der Waals surface area contributed by atoms with Crippen molar-refractivity contribution >= 4 is 11.3 Å². The SMILES string of the molecule is [O-]c1ccccc1-c1nnc(-c2ccccc2)s1. The lowest BCUT2D eigenvalue weighted by Gasteiger charge is -2.08. The molecule has 2 aromatic carbocycles. The molecule has 3 aromatic rings. The van der Waals surface area contributed by atoms with Crippen LogP contribution in [-0.4, -0.2) is 10.2 Å². The van der Waals surface area contributed by atoms with E-state index < -0.39 is 0 Å². The monoisotopic (exact) mass is 253 g/mol. The molecule has 0 saturated heterocycles. The minimum atomic E-state index is -0.0201. The van der Waals surface area contributed by atoms with E-state index in [2.05, 4.69) is 10.2 Å². The molecule has 1 heterocycles. The minimum Gasteiger partial charge on any atom is -0.872 e. The highest BCUT2D eigenvalue weighted by molar-refractivity contribution is 7.17. The first-order chi connectivity index (χ1) is 8.84. The van der Waals surface area contributed by atoms with Crippen LogP contribution in [0.2, 0.25) is 0 Å². The van der Waals surface area contributed by atoms with Crippen LogP contribution in [0.25, 0.3) is 21.1 Å². The Morgan fingerprint density at radius 2 is 1.44 bits per heavy atom. The molecular formula is C14H9N2OS-. The zero-order chi connectivity index (χ0) is 12.4. The predicted octanol–water partition coefficient (Wildman–Crippen LogP) is 2.95.